The molecule has 5 rings (SSSR count). The molecule has 0 N–H and O–H groups in total. The number of fused-ring (bicyclic) bond motifs is 1. The van der Waals surface area contributed by atoms with Gasteiger partial charge in [-0.05, 0) is 44.0 Å². The third-order valence-corrected chi connectivity index (χ3v) is 8.29. The van der Waals surface area contributed by atoms with Crippen LogP contribution in [0.2, 0.25) is 0 Å². The fourth-order valence-corrected chi connectivity index (χ4v) is 6.21. The molecule has 1 amide bonds. The van der Waals surface area contributed by atoms with Gasteiger partial charge in [0.25, 0.3) is 0 Å². The number of hydrogen-bond acceptors (Lipinski definition) is 7. The van der Waals surface area contributed by atoms with E-state index in [1.807, 2.05) is 4.90 Å². The Morgan fingerprint density at radius 1 is 1.20 bits per heavy atom. The van der Waals surface area contributed by atoms with Gasteiger partial charge >= 0.3 is 0 Å². The number of benzene rings is 1. The SMILES string of the molecule is COc1ccc(S(=O)(=O)N2C[C@H]3CN(C(=O)C4CC4)C[C@@]3(c3nc(C)no3)C2)cc1. The van der Waals surface area contributed by atoms with E-state index in [2.05, 4.69) is 10.1 Å². The van der Waals surface area contributed by atoms with E-state index in [9.17, 15) is 13.2 Å². The maximum atomic E-state index is 13.3. The summed E-state index contributed by atoms with van der Waals surface area (Å²) in [5.74, 6) is 1.70. The average Bonchev–Trinajstić information content (AvgIpc) is 3.22. The molecule has 10 heteroatoms. The molecule has 0 bridgehead atoms. The average molecular weight is 433 g/mol. The van der Waals surface area contributed by atoms with Gasteiger partial charge in [0, 0.05) is 38.0 Å². The lowest BCUT2D eigenvalue weighted by Crippen LogP contribution is -2.41. The van der Waals surface area contributed by atoms with Crippen molar-refractivity contribution < 1.29 is 22.5 Å². The van der Waals surface area contributed by atoms with E-state index in [0.717, 1.165) is 12.8 Å². The minimum atomic E-state index is -3.70. The molecule has 0 spiro atoms. The zero-order valence-corrected chi connectivity index (χ0v) is 17.8. The summed E-state index contributed by atoms with van der Waals surface area (Å²) in [6.07, 6.45) is 1.87. The molecule has 9 nitrogen and oxygen atoms in total. The zero-order chi connectivity index (χ0) is 21.1. The van der Waals surface area contributed by atoms with Gasteiger partial charge in [0.2, 0.25) is 21.8 Å². The van der Waals surface area contributed by atoms with E-state index < -0.39 is 15.4 Å². The van der Waals surface area contributed by atoms with Crippen LogP contribution in [-0.2, 0) is 20.2 Å². The standard InChI is InChI=1S/C20H24N4O5S/c1-13-21-19(29-22-13)20-11-23(18(25)14-3-4-14)9-15(20)10-24(12-20)30(26,27)17-7-5-16(28-2)6-8-17/h5-8,14-15H,3-4,9-12H2,1-2H3/t15-,20-/m1/s1. The monoisotopic (exact) mass is 432 g/mol. The van der Waals surface area contributed by atoms with Crippen molar-refractivity contribution in [3.8, 4) is 5.75 Å². The van der Waals surface area contributed by atoms with Crippen LogP contribution in [0.15, 0.2) is 33.7 Å². The Hall–Kier alpha value is -2.46. The maximum absolute atomic E-state index is 13.3. The molecule has 3 heterocycles. The summed E-state index contributed by atoms with van der Waals surface area (Å²) in [6.45, 7) is 3.17. The van der Waals surface area contributed by atoms with E-state index in [1.54, 1.807) is 31.2 Å². The number of rotatable bonds is 5. The van der Waals surface area contributed by atoms with Gasteiger partial charge in [-0.1, -0.05) is 5.16 Å². The third-order valence-electron chi connectivity index (χ3n) is 6.47. The van der Waals surface area contributed by atoms with Gasteiger partial charge in [-0.25, -0.2) is 8.42 Å². The summed E-state index contributed by atoms with van der Waals surface area (Å²) in [5, 5.41) is 3.93. The molecule has 2 aliphatic heterocycles. The summed E-state index contributed by atoms with van der Waals surface area (Å²) in [7, 11) is -2.16. The van der Waals surface area contributed by atoms with Crippen molar-refractivity contribution in [1.29, 1.82) is 0 Å². The van der Waals surface area contributed by atoms with Crippen molar-refractivity contribution in [2.24, 2.45) is 11.8 Å². The highest BCUT2D eigenvalue weighted by molar-refractivity contribution is 7.89. The zero-order valence-electron chi connectivity index (χ0n) is 16.9. The number of carbonyl (C=O) groups excluding carboxylic acids is 1. The third kappa shape index (κ3) is 3.01. The van der Waals surface area contributed by atoms with Crippen molar-refractivity contribution >= 4 is 15.9 Å². The highest BCUT2D eigenvalue weighted by Crippen LogP contribution is 2.47. The smallest absolute Gasteiger partial charge is 0.243 e. The second kappa shape index (κ2) is 6.78. The van der Waals surface area contributed by atoms with Crippen molar-refractivity contribution in [2.45, 2.75) is 30.1 Å². The number of hydrogen-bond donors (Lipinski definition) is 0. The summed E-state index contributed by atoms with van der Waals surface area (Å²) < 4.78 is 38.8. The molecule has 1 aromatic heterocycles. The number of aryl methyl sites for hydroxylation is 1. The first kappa shape index (κ1) is 19.5. The Bertz CT molecular complexity index is 1080. The first-order chi connectivity index (χ1) is 14.3. The van der Waals surface area contributed by atoms with Crippen LogP contribution in [0.25, 0.3) is 0 Å². The maximum Gasteiger partial charge on any atom is 0.243 e. The van der Waals surface area contributed by atoms with Crippen LogP contribution in [0.3, 0.4) is 0 Å². The van der Waals surface area contributed by atoms with Crippen LogP contribution in [-0.4, -0.2) is 67.0 Å². The van der Waals surface area contributed by atoms with Crippen molar-refractivity contribution in [3.05, 3.63) is 36.0 Å². The molecule has 160 valence electrons. The minimum absolute atomic E-state index is 0.0897. The van der Waals surface area contributed by atoms with Gasteiger partial charge in [0.15, 0.2) is 5.82 Å². The van der Waals surface area contributed by atoms with Crippen molar-refractivity contribution in [2.75, 3.05) is 33.3 Å². The summed E-state index contributed by atoms with van der Waals surface area (Å²) in [5.41, 5.74) is -0.675. The molecule has 0 unspecified atom stereocenters. The van der Waals surface area contributed by atoms with Gasteiger partial charge in [0.1, 0.15) is 5.75 Å². The molecule has 2 atom stereocenters. The lowest BCUT2D eigenvalue weighted by molar-refractivity contribution is -0.131. The molecule has 2 saturated heterocycles. The quantitative estimate of drug-likeness (QED) is 0.699. The van der Waals surface area contributed by atoms with Crippen LogP contribution in [0.1, 0.15) is 24.6 Å². The first-order valence-electron chi connectivity index (χ1n) is 10.1. The molecule has 3 fully saturated rings. The second-order valence-corrected chi connectivity index (χ2v) is 10.4. The summed E-state index contributed by atoms with van der Waals surface area (Å²) in [4.78, 5) is 19.2. The molecule has 1 saturated carbocycles. The number of aromatic nitrogens is 2. The largest absolute Gasteiger partial charge is 0.497 e. The molecule has 1 aromatic carbocycles. The number of ether oxygens (including phenoxy) is 1. The Morgan fingerprint density at radius 2 is 1.93 bits per heavy atom. The fraction of sp³-hybridized carbons (Fsp3) is 0.550. The molecular weight excluding hydrogens is 408 g/mol. The van der Waals surface area contributed by atoms with Crippen molar-refractivity contribution in [3.63, 3.8) is 0 Å². The lowest BCUT2D eigenvalue weighted by atomic mass is 9.81. The van der Waals surface area contributed by atoms with Crippen LogP contribution in [0, 0.1) is 18.8 Å². The van der Waals surface area contributed by atoms with E-state index in [-0.39, 0.29) is 29.2 Å². The van der Waals surface area contributed by atoms with Crippen LogP contribution >= 0.6 is 0 Å². The van der Waals surface area contributed by atoms with Gasteiger partial charge in [-0.2, -0.15) is 9.29 Å². The molecule has 30 heavy (non-hydrogen) atoms. The normalized spacial score (nSPS) is 26.7. The number of sulfonamides is 1. The molecule has 3 aliphatic rings. The molecular formula is C20H24N4O5S. The van der Waals surface area contributed by atoms with E-state index in [0.29, 0.717) is 37.1 Å². The fourth-order valence-electron chi connectivity index (χ4n) is 4.66. The summed E-state index contributed by atoms with van der Waals surface area (Å²) in [6, 6.07) is 6.37. The number of carbonyl (C=O) groups is 1. The number of amides is 1. The predicted molar refractivity (Wildman–Crippen MR) is 105 cm³/mol. The Labute approximate surface area is 175 Å². The van der Waals surface area contributed by atoms with E-state index >= 15 is 0 Å². The predicted octanol–water partition coefficient (Wildman–Crippen LogP) is 1.20. The highest BCUT2D eigenvalue weighted by Gasteiger charge is 2.60. The van der Waals surface area contributed by atoms with Crippen LogP contribution in [0.5, 0.6) is 5.75 Å². The second-order valence-electron chi connectivity index (χ2n) is 8.47. The number of nitrogens with zero attached hydrogens (tertiary/aromatic N) is 4. The minimum Gasteiger partial charge on any atom is -0.497 e. The number of methoxy groups -OCH3 is 1. The molecule has 0 radical (unpaired) electrons. The van der Waals surface area contributed by atoms with Gasteiger partial charge in [-0.3, -0.25) is 4.79 Å². The Balaban J connectivity index is 1.46. The molecule has 1 aliphatic carbocycles. The van der Waals surface area contributed by atoms with Gasteiger partial charge in [0.05, 0.1) is 17.4 Å². The van der Waals surface area contributed by atoms with Crippen LogP contribution < -0.4 is 4.74 Å². The Kier molecular flexibility index (Phi) is 4.41. The van der Waals surface area contributed by atoms with Crippen LogP contribution in [0.4, 0.5) is 0 Å². The van der Waals surface area contributed by atoms with E-state index in [1.165, 1.54) is 11.4 Å². The first-order valence-corrected chi connectivity index (χ1v) is 11.5. The summed E-state index contributed by atoms with van der Waals surface area (Å²) >= 11 is 0. The van der Waals surface area contributed by atoms with Gasteiger partial charge < -0.3 is 14.2 Å². The lowest BCUT2D eigenvalue weighted by Gasteiger charge is -2.26. The van der Waals surface area contributed by atoms with Gasteiger partial charge in [-0.15, -0.1) is 0 Å². The molecule has 2 aromatic rings. The highest BCUT2D eigenvalue weighted by atomic mass is 32.2. The van der Waals surface area contributed by atoms with E-state index in [4.69, 9.17) is 9.26 Å². The topological polar surface area (TPSA) is 106 Å². The number of likely N-dealkylation sites (tertiary alicyclic amines) is 1. The van der Waals surface area contributed by atoms with Crippen molar-refractivity contribution in [1.82, 2.24) is 19.3 Å². The Morgan fingerprint density at radius 3 is 2.53 bits per heavy atom.